The van der Waals surface area contributed by atoms with Crippen molar-refractivity contribution in [1.29, 1.82) is 0 Å². The van der Waals surface area contributed by atoms with Crippen molar-refractivity contribution in [2.45, 2.75) is 26.7 Å². The number of benzene rings is 2. The molecule has 0 amide bonds. The highest BCUT2D eigenvalue weighted by atomic mass is 16.2. The van der Waals surface area contributed by atoms with E-state index >= 15 is 0 Å². The molecule has 0 saturated carbocycles. The van der Waals surface area contributed by atoms with Crippen LogP contribution in [0.15, 0.2) is 58.1 Å². The highest BCUT2D eigenvalue weighted by Crippen LogP contribution is 2.36. The largest absolute Gasteiger partial charge is 0.331 e. The van der Waals surface area contributed by atoms with Gasteiger partial charge in [0.15, 0.2) is 0 Å². The standard InChI is InChI=1S/C25H24N4O2/c1-5-8-18-22-23-20(24(30)28(4)25(31)27(23)3)21(16-13-11-15(2)12-14-16)29(22)19-10-7-6-9-17(19)26-18/h6-7,9-14H,5,8H2,1-4H3. The third-order valence-electron chi connectivity index (χ3n) is 6.04. The number of hydrogen-bond acceptors (Lipinski definition) is 3. The van der Waals surface area contributed by atoms with E-state index in [1.165, 1.54) is 11.6 Å². The molecule has 0 spiro atoms. The number of aromatic nitrogens is 4. The Balaban J connectivity index is 2.18. The molecule has 0 N–H and O–H groups in total. The summed E-state index contributed by atoms with van der Waals surface area (Å²) in [5.41, 5.74) is 6.42. The van der Waals surface area contributed by atoms with Gasteiger partial charge in [0, 0.05) is 14.1 Å². The average molecular weight is 412 g/mol. The molecular weight excluding hydrogens is 388 g/mol. The maximum absolute atomic E-state index is 13.5. The molecular formula is C25H24N4O2. The van der Waals surface area contributed by atoms with E-state index in [0.29, 0.717) is 10.9 Å². The zero-order valence-electron chi connectivity index (χ0n) is 18.1. The van der Waals surface area contributed by atoms with Gasteiger partial charge in [-0.15, -0.1) is 0 Å². The van der Waals surface area contributed by atoms with Gasteiger partial charge in [-0.25, -0.2) is 9.78 Å². The number of fused-ring (bicyclic) bond motifs is 5. The SMILES string of the molecule is CCCc1nc2ccccc2n2c(-c3ccc(C)cc3)c3c(=O)n(C)c(=O)n(C)c3c12. The average Bonchev–Trinajstić information content (AvgIpc) is 3.14. The molecule has 5 rings (SSSR count). The summed E-state index contributed by atoms with van der Waals surface area (Å²) in [5.74, 6) is 0. The number of hydrogen-bond donors (Lipinski definition) is 0. The fourth-order valence-corrected chi connectivity index (χ4v) is 4.51. The van der Waals surface area contributed by atoms with Gasteiger partial charge in [-0.05, 0) is 31.0 Å². The summed E-state index contributed by atoms with van der Waals surface area (Å²) in [6, 6.07) is 16.1. The van der Waals surface area contributed by atoms with Crippen molar-refractivity contribution in [3.8, 4) is 11.3 Å². The summed E-state index contributed by atoms with van der Waals surface area (Å²) in [7, 11) is 3.27. The van der Waals surface area contributed by atoms with Crippen LogP contribution in [0.25, 0.3) is 38.7 Å². The first-order valence-corrected chi connectivity index (χ1v) is 10.5. The Hall–Kier alpha value is -3.67. The van der Waals surface area contributed by atoms with Crippen molar-refractivity contribution in [2.75, 3.05) is 0 Å². The van der Waals surface area contributed by atoms with Gasteiger partial charge >= 0.3 is 5.69 Å². The van der Waals surface area contributed by atoms with Gasteiger partial charge in [0.25, 0.3) is 5.56 Å². The van der Waals surface area contributed by atoms with E-state index in [4.69, 9.17) is 4.98 Å². The fraction of sp³-hybridized carbons (Fsp3) is 0.240. The minimum Gasteiger partial charge on any atom is -0.303 e. The summed E-state index contributed by atoms with van der Waals surface area (Å²) in [6.07, 6.45) is 1.66. The summed E-state index contributed by atoms with van der Waals surface area (Å²) < 4.78 is 4.90. The lowest BCUT2D eigenvalue weighted by Crippen LogP contribution is -2.36. The van der Waals surface area contributed by atoms with E-state index in [9.17, 15) is 9.59 Å². The van der Waals surface area contributed by atoms with Crippen LogP contribution in [0.3, 0.4) is 0 Å². The first kappa shape index (κ1) is 19.3. The Morgan fingerprint density at radius 1 is 0.903 bits per heavy atom. The first-order valence-electron chi connectivity index (χ1n) is 10.5. The van der Waals surface area contributed by atoms with Crippen LogP contribution in [-0.4, -0.2) is 18.5 Å². The van der Waals surface area contributed by atoms with Crippen molar-refractivity contribution >= 4 is 27.5 Å². The predicted molar refractivity (Wildman–Crippen MR) is 125 cm³/mol. The highest BCUT2D eigenvalue weighted by Gasteiger charge is 2.24. The Morgan fingerprint density at radius 2 is 1.61 bits per heavy atom. The van der Waals surface area contributed by atoms with E-state index in [-0.39, 0.29) is 11.2 Å². The lowest BCUT2D eigenvalue weighted by Gasteiger charge is -2.11. The molecule has 0 saturated heterocycles. The van der Waals surface area contributed by atoms with Crippen LogP contribution in [-0.2, 0) is 20.5 Å². The van der Waals surface area contributed by atoms with Gasteiger partial charge in [0.05, 0.1) is 38.8 Å². The Kier molecular flexibility index (Phi) is 4.32. The topological polar surface area (TPSA) is 61.3 Å². The predicted octanol–water partition coefficient (Wildman–Crippen LogP) is 3.97. The molecule has 156 valence electrons. The van der Waals surface area contributed by atoms with Crippen molar-refractivity contribution in [3.63, 3.8) is 0 Å². The second-order valence-corrected chi connectivity index (χ2v) is 8.13. The van der Waals surface area contributed by atoms with Crippen molar-refractivity contribution in [3.05, 3.63) is 80.6 Å². The normalized spacial score (nSPS) is 11.7. The first-order chi connectivity index (χ1) is 14.9. The zero-order valence-corrected chi connectivity index (χ0v) is 18.1. The monoisotopic (exact) mass is 412 g/mol. The van der Waals surface area contributed by atoms with Crippen LogP contribution in [0.5, 0.6) is 0 Å². The van der Waals surface area contributed by atoms with Crippen molar-refractivity contribution in [2.24, 2.45) is 14.1 Å². The summed E-state index contributed by atoms with van der Waals surface area (Å²) in [6.45, 7) is 4.15. The van der Waals surface area contributed by atoms with E-state index in [2.05, 4.69) is 11.3 Å². The third kappa shape index (κ3) is 2.68. The Bertz CT molecular complexity index is 1600. The Labute approximate surface area is 179 Å². The molecule has 31 heavy (non-hydrogen) atoms. The molecule has 6 heteroatoms. The van der Waals surface area contributed by atoms with Gasteiger partial charge in [-0.3, -0.25) is 13.9 Å². The van der Waals surface area contributed by atoms with Gasteiger partial charge in [0.2, 0.25) is 0 Å². The van der Waals surface area contributed by atoms with Crippen LogP contribution in [0, 0.1) is 6.92 Å². The van der Waals surface area contributed by atoms with Gasteiger partial charge in [-0.1, -0.05) is 55.3 Å². The van der Waals surface area contributed by atoms with Crippen LogP contribution in [0.4, 0.5) is 0 Å². The van der Waals surface area contributed by atoms with E-state index < -0.39 is 0 Å². The molecule has 0 unspecified atom stereocenters. The quantitative estimate of drug-likeness (QED) is 0.451. The summed E-state index contributed by atoms with van der Waals surface area (Å²) in [4.78, 5) is 31.3. The lowest BCUT2D eigenvalue weighted by atomic mass is 10.1. The molecule has 2 aromatic carbocycles. The molecule has 3 aromatic heterocycles. The number of rotatable bonds is 3. The van der Waals surface area contributed by atoms with E-state index in [1.807, 2.05) is 55.5 Å². The maximum atomic E-state index is 13.5. The maximum Gasteiger partial charge on any atom is 0.331 e. The van der Waals surface area contributed by atoms with Gasteiger partial charge < -0.3 is 4.40 Å². The smallest absolute Gasteiger partial charge is 0.303 e. The molecule has 0 atom stereocenters. The zero-order chi connectivity index (χ0) is 21.9. The molecule has 0 aliphatic carbocycles. The molecule has 0 bridgehead atoms. The van der Waals surface area contributed by atoms with E-state index in [1.54, 1.807) is 11.6 Å². The van der Waals surface area contributed by atoms with E-state index in [0.717, 1.165) is 51.9 Å². The molecule has 6 nitrogen and oxygen atoms in total. The number of nitrogens with zero attached hydrogens (tertiary/aromatic N) is 4. The third-order valence-corrected chi connectivity index (χ3v) is 6.04. The van der Waals surface area contributed by atoms with Crippen LogP contribution in [0.1, 0.15) is 24.6 Å². The van der Waals surface area contributed by atoms with Crippen LogP contribution < -0.4 is 11.2 Å². The van der Waals surface area contributed by atoms with Crippen molar-refractivity contribution < 1.29 is 0 Å². The molecule has 0 radical (unpaired) electrons. The molecule has 5 aromatic rings. The minimum atomic E-state index is -0.337. The van der Waals surface area contributed by atoms with Crippen LogP contribution >= 0.6 is 0 Å². The second kappa shape index (κ2) is 6.94. The number of para-hydroxylation sites is 2. The molecule has 0 aliphatic heterocycles. The fourth-order valence-electron chi connectivity index (χ4n) is 4.51. The second-order valence-electron chi connectivity index (χ2n) is 8.13. The molecule has 3 heterocycles. The molecule has 0 aliphatic rings. The van der Waals surface area contributed by atoms with Crippen molar-refractivity contribution in [1.82, 2.24) is 18.5 Å². The minimum absolute atomic E-state index is 0.288. The lowest BCUT2D eigenvalue weighted by molar-refractivity contribution is 0.715. The highest BCUT2D eigenvalue weighted by molar-refractivity contribution is 6.07. The van der Waals surface area contributed by atoms with Crippen LogP contribution in [0.2, 0.25) is 0 Å². The molecule has 0 fully saturated rings. The Morgan fingerprint density at radius 3 is 2.32 bits per heavy atom. The number of aryl methyl sites for hydroxylation is 3. The summed E-state index contributed by atoms with van der Waals surface area (Å²) >= 11 is 0. The van der Waals surface area contributed by atoms with Gasteiger partial charge in [-0.2, -0.15) is 0 Å². The van der Waals surface area contributed by atoms with Gasteiger partial charge in [0.1, 0.15) is 0 Å². The summed E-state index contributed by atoms with van der Waals surface area (Å²) in [5, 5.41) is 0.545.